The molecule has 3 aromatic rings. The summed E-state index contributed by atoms with van der Waals surface area (Å²) in [5.74, 6) is -0.362. The van der Waals surface area contributed by atoms with E-state index in [2.05, 4.69) is 10.2 Å². The first-order chi connectivity index (χ1) is 13.3. The lowest BCUT2D eigenvalue weighted by molar-refractivity contribution is 0.0435. The van der Waals surface area contributed by atoms with Gasteiger partial charge in [-0.15, -0.1) is 0 Å². The molecule has 4 heteroatoms. The van der Waals surface area contributed by atoms with Crippen LogP contribution in [-0.4, -0.2) is 23.5 Å². The third kappa shape index (κ3) is 3.85. The van der Waals surface area contributed by atoms with Crippen molar-refractivity contribution in [3.63, 3.8) is 0 Å². The van der Waals surface area contributed by atoms with Crippen LogP contribution in [0.1, 0.15) is 27.9 Å². The van der Waals surface area contributed by atoms with Crippen molar-refractivity contribution in [2.75, 3.05) is 0 Å². The van der Waals surface area contributed by atoms with Crippen molar-refractivity contribution in [3.05, 3.63) is 108 Å². The first-order valence-electron chi connectivity index (χ1n) is 8.82. The number of esters is 1. The zero-order valence-electron chi connectivity index (χ0n) is 14.7. The summed E-state index contributed by atoms with van der Waals surface area (Å²) in [5, 5.41) is 8.81. The zero-order chi connectivity index (χ0) is 18.5. The van der Waals surface area contributed by atoms with Crippen LogP contribution in [0.3, 0.4) is 0 Å². The van der Waals surface area contributed by atoms with Crippen LogP contribution in [0.5, 0.6) is 0 Å². The summed E-state index contributed by atoms with van der Waals surface area (Å²) in [7, 11) is 0. The van der Waals surface area contributed by atoms with E-state index in [-0.39, 0.29) is 5.97 Å². The van der Waals surface area contributed by atoms with E-state index in [4.69, 9.17) is 4.74 Å². The van der Waals surface area contributed by atoms with E-state index in [1.807, 2.05) is 78.9 Å². The van der Waals surface area contributed by atoms with Crippen molar-refractivity contribution < 1.29 is 9.53 Å². The fourth-order valence-electron chi connectivity index (χ4n) is 3.02. The van der Waals surface area contributed by atoms with Crippen molar-refractivity contribution in [2.24, 2.45) is 10.2 Å². The number of hydrogen-bond acceptors (Lipinski definition) is 4. The van der Waals surface area contributed by atoms with Crippen LogP contribution >= 0.6 is 0 Å². The third-order valence-electron chi connectivity index (χ3n) is 4.40. The number of carbonyl (C=O) groups excluding carboxylic acids is 1. The molecule has 0 bridgehead atoms. The maximum absolute atomic E-state index is 12.6. The summed E-state index contributed by atoms with van der Waals surface area (Å²) in [6.45, 7) is 0. The Kier molecular flexibility index (Phi) is 4.88. The molecule has 0 radical (unpaired) electrons. The quantitative estimate of drug-likeness (QED) is 0.647. The highest BCUT2D eigenvalue weighted by Crippen LogP contribution is 2.21. The largest absolute Gasteiger partial charge is 0.452 e. The molecule has 0 aliphatic carbocycles. The Bertz CT molecular complexity index is 979. The molecule has 1 atom stereocenters. The Morgan fingerprint density at radius 2 is 1.30 bits per heavy atom. The standard InChI is InChI=1S/C23H18N2O2/c26-23(19-14-8-3-9-15-19)27-21-16-20(17-10-4-1-5-11-17)24-25-22(21)18-12-6-2-7-13-18/h1-15,21H,16H2/t21-/m1/s1. The monoisotopic (exact) mass is 354 g/mol. The number of rotatable bonds is 4. The Labute approximate surface area is 157 Å². The summed E-state index contributed by atoms with van der Waals surface area (Å²) < 4.78 is 5.85. The van der Waals surface area contributed by atoms with Gasteiger partial charge in [0.2, 0.25) is 0 Å². The maximum atomic E-state index is 12.6. The number of benzene rings is 3. The summed E-state index contributed by atoms with van der Waals surface area (Å²) in [6, 6.07) is 28.6. The lowest BCUT2D eigenvalue weighted by atomic mass is 9.96. The molecule has 0 N–H and O–H groups in total. The molecule has 0 amide bonds. The van der Waals surface area contributed by atoms with Gasteiger partial charge in [-0.2, -0.15) is 10.2 Å². The topological polar surface area (TPSA) is 51.0 Å². The highest BCUT2D eigenvalue weighted by molar-refractivity contribution is 6.12. The highest BCUT2D eigenvalue weighted by Gasteiger charge is 2.28. The van der Waals surface area contributed by atoms with Crippen LogP contribution in [0.15, 0.2) is 101 Å². The molecule has 132 valence electrons. The van der Waals surface area contributed by atoms with Crippen LogP contribution in [0, 0.1) is 0 Å². The molecule has 1 aliphatic rings. The van der Waals surface area contributed by atoms with Crippen molar-refractivity contribution in [2.45, 2.75) is 12.5 Å². The van der Waals surface area contributed by atoms with Crippen LogP contribution < -0.4 is 0 Å². The third-order valence-corrected chi connectivity index (χ3v) is 4.40. The number of ether oxygens (including phenoxy) is 1. The zero-order valence-corrected chi connectivity index (χ0v) is 14.7. The molecule has 3 aromatic carbocycles. The van der Waals surface area contributed by atoms with Gasteiger partial charge >= 0.3 is 5.97 Å². The van der Waals surface area contributed by atoms with Gasteiger partial charge in [-0.05, 0) is 17.7 Å². The Hall–Kier alpha value is -3.53. The van der Waals surface area contributed by atoms with Crippen molar-refractivity contribution >= 4 is 17.4 Å². The summed E-state index contributed by atoms with van der Waals surface area (Å²) in [5.41, 5.74) is 3.88. The van der Waals surface area contributed by atoms with E-state index in [9.17, 15) is 4.79 Å². The molecule has 1 aliphatic heterocycles. The van der Waals surface area contributed by atoms with Crippen molar-refractivity contribution in [1.29, 1.82) is 0 Å². The molecule has 0 saturated heterocycles. The Morgan fingerprint density at radius 3 is 1.93 bits per heavy atom. The predicted molar refractivity (Wildman–Crippen MR) is 106 cm³/mol. The molecule has 4 nitrogen and oxygen atoms in total. The van der Waals surface area contributed by atoms with Gasteiger partial charge < -0.3 is 4.74 Å². The van der Waals surface area contributed by atoms with Gasteiger partial charge in [-0.3, -0.25) is 0 Å². The smallest absolute Gasteiger partial charge is 0.338 e. The summed E-state index contributed by atoms with van der Waals surface area (Å²) >= 11 is 0. The minimum Gasteiger partial charge on any atom is -0.452 e. The minimum atomic E-state index is -0.493. The first kappa shape index (κ1) is 16.9. The molecule has 0 aromatic heterocycles. The Balaban J connectivity index is 1.66. The minimum absolute atomic E-state index is 0.362. The average Bonchev–Trinajstić information content (AvgIpc) is 2.75. The highest BCUT2D eigenvalue weighted by atomic mass is 16.5. The molecule has 0 saturated carbocycles. The van der Waals surface area contributed by atoms with Gasteiger partial charge in [0.15, 0.2) is 6.10 Å². The van der Waals surface area contributed by atoms with Crippen LogP contribution in [0.4, 0.5) is 0 Å². The molecular weight excluding hydrogens is 336 g/mol. The van der Waals surface area contributed by atoms with E-state index >= 15 is 0 Å². The summed E-state index contributed by atoms with van der Waals surface area (Å²) in [4.78, 5) is 12.6. The summed E-state index contributed by atoms with van der Waals surface area (Å²) in [6.07, 6.45) is -0.0103. The average molecular weight is 354 g/mol. The molecule has 27 heavy (non-hydrogen) atoms. The molecule has 0 unspecified atom stereocenters. The SMILES string of the molecule is O=C(O[C@@H]1CC(c2ccccc2)=NN=C1c1ccccc1)c1ccccc1. The van der Waals surface area contributed by atoms with Crippen molar-refractivity contribution in [3.8, 4) is 0 Å². The normalized spacial score (nSPS) is 16.2. The predicted octanol–water partition coefficient (Wildman–Crippen LogP) is 4.51. The van der Waals surface area contributed by atoms with Crippen molar-refractivity contribution in [1.82, 2.24) is 0 Å². The lowest BCUT2D eigenvalue weighted by Gasteiger charge is -2.23. The fourth-order valence-corrected chi connectivity index (χ4v) is 3.02. The molecule has 4 rings (SSSR count). The van der Waals surface area contributed by atoms with Gasteiger partial charge in [0.05, 0.1) is 11.3 Å². The fraction of sp³-hybridized carbons (Fsp3) is 0.0870. The van der Waals surface area contributed by atoms with Gasteiger partial charge in [-0.25, -0.2) is 4.79 Å². The first-order valence-corrected chi connectivity index (χ1v) is 8.82. The number of hydrogen-bond donors (Lipinski definition) is 0. The van der Waals surface area contributed by atoms with E-state index in [0.29, 0.717) is 17.7 Å². The maximum Gasteiger partial charge on any atom is 0.338 e. The van der Waals surface area contributed by atoms with E-state index < -0.39 is 6.10 Å². The molecule has 1 heterocycles. The van der Waals surface area contributed by atoms with Crippen LogP contribution in [-0.2, 0) is 4.74 Å². The molecular formula is C23H18N2O2. The second-order valence-electron chi connectivity index (χ2n) is 6.23. The second-order valence-corrected chi connectivity index (χ2v) is 6.23. The van der Waals surface area contributed by atoms with E-state index in [0.717, 1.165) is 16.8 Å². The van der Waals surface area contributed by atoms with Crippen LogP contribution in [0.2, 0.25) is 0 Å². The second kappa shape index (κ2) is 7.79. The number of nitrogens with zero attached hydrogens (tertiary/aromatic N) is 2. The van der Waals surface area contributed by atoms with Gasteiger partial charge in [0.1, 0.15) is 5.71 Å². The van der Waals surface area contributed by atoms with Crippen LogP contribution in [0.25, 0.3) is 0 Å². The number of carbonyl (C=O) groups is 1. The molecule has 0 fully saturated rings. The van der Waals surface area contributed by atoms with Gasteiger partial charge in [-0.1, -0.05) is 78.9 Å². The van der Waals surface area contributed by atoms with Gasteiger partial charge in [0.25, 0.3) is 0 Å². The Morgan fingerprint density at radius 1 is 0.741 bits per heavy atom. The van der Waals surface area contributed by atoms with Gasteiger partial charge in [0, 0.05) is 12.0 Å². The van der Waals surface area contributed by atoms with E-state index in [1.165, 1.54) is 0 Å². The van der Waals surface area contributed by atoms with E-state index in [1.54, 1.807) is 12.1 Å². The lowest BCUT2D eigenvalue weighted by Crippen LogP contribution is -2.33. The molecule has 0 spiro atoms.